The lowest BCUT2D eigenvalue weighted by atomic mass is 10.2. The van der Waals surface area contributed by atoms with Crippen molar-refractivity contribution >= 4 is 29.4 Å². The van der Waals surface area contributed by atoms with Gasteiger partial charge in [0.25, 0.3) is 0 Å². The lowest BCUT2D eigenvalue weighted by Crippen LogP contribution is -2.47. The van der Waals surface area contributed by atoms with E-state index < -0.39 is 0 Å². The minimum atomic E-state index is 0.420. The van der Waals surface area contributed by atoms with Crippen LogP contribution < -0.4 is 20.4 Å². The number of benzene rings is 2. The van der Waals surface area contributed by atoms with Crippen molar-refractivity contribution in [1.82, 2.24) is 25.1 Å². The minimum Gasteiger partial charge on any atom is -0.463 e. The summed E-state index contributed by atoms with van der Waals surface area (Å²) < 4.78 is 5.45. The number of nitrogens with one attached hydrogen (secondary N) is 3. The molecule has 0 atom stereocenters. The number of aromatic nitrogens is 5. The fraction of sp³-hybridized carbons (Fsp3) is 0.185. The Hall–Kier alpha value is -4.86. The van der Waals surface area contributed by atoms with Gasteiger partial charge in [-0.25, -0.2) is 0 Å². The molecule has 37 heavy (non-hydrogen) atoms. The van der Waals surface area contributed by atoms with E-state index in [0.29, 0.717) is 36.0 Å². The number of rotatable bonds is 8. The van der Waals surface area contributed by atoms with Gasteiger partial charge in [0.2, 0.25) is 17.8 Å². The number of nitrogens with zero attached hydrogens (tertiary/aromatic N) is 6. The van der Waals surface area contributed by atoms with E-state index in [1.54, 1.807) is 6.26 Å². The average Bonchev–Trinajstić information content (AvgIpc) is 3.66. The van der Waals surface area contributed by atoms with Crippen molar-refractivity contribution in [3.63, 3.8) is 0 Å². The number of piperazine rings is 1. The molecular weight excluding hydrogens is 466 g/mol. The highest BCUT2D eigenvalue weighted by atomic mass is 16.3. The predicted octanol–water partition coefficient (Wildman–Crippen LogP) is 4.54. The highest BCUT2D eigenvalue weighted by Gasteiger charge is 2.21. The zero-order valence-corrected chi connectivity index (χ0v) is 20.2. The molecule has 1 aliphatic heterocycles. The minimum absolute atomic E-state index is 0.420. The molecule has 4 heterocycles. The van der Waals surface area contributed by atoms with Gasteiger partial charge in [-0.1, -0.05) is 48.5 Å². The Morgan fingerprint density at radius 3 is 2.27 bits per heavy atom. The summed E-state index contributed by atoms with van der Waals surface area (Å²) in [7, 11) is 0. The van der Waals surface area contributed by atoms with Crippen molar-refractivity contribution in [3.8, 4) is 11.5 Å². The predicted molar refractivity (Wildman–Crippen MR) is 144 cm³/mol. The van der Waals surface area contributed by atoms with E-state index in [-0.39, 0.29) is 0 Å². The monoisotopic (exact) mass is 493 g/mol. The van der Waals surface area contributed by atoms with Crippen LogP contribution in [-0.2, 0) is 6.54 Å². The first-order valence-electron chi connectivity index (χ1n) is 12.3. The molecule has 0 radical (unpaired) electrons. The fourth-order valence-corrected chi connectivity index (χ4v) is 4.28. The summed E-state index contributed by atoms with van der Waals surface area (Å²) in [4.78, 5) is 18.7. The summed E-state index contributed by atoms with van der Waals surface area (Å²) in [6.45, 7) is 3.99. The molecule has 0 saturated carbocycles. The fourth-order valence-electron chi connectivity index (χ4n) is 4.28. The maximum Gasteiger partial charge on any atom is 0.235 e. The smallest absolute Gasteiger partial charge is 0.235 e. The molecule has 0 aliphatic carbocycles. The molecule has 0 amide bonds. The molecule has 0 unspecified atom stereocenters. The molecule has 3 aromatic heterocycles. The van der Waals surface area contributed by atoms with Crippen molar-refractivity contribution < 1.29 is 4.42 Å². The maximum atomic E-state index is 5.45. The lowest BCUT2D eigenvalue weighted by molar-refractivity contribution is 0.580. The molecule has 1 aliphatic rings. The average molecular weight is 494 g/mol. The second kappa shape index (κ2) is 10.4. The van der Waals surface area contributed by atoms with Crippen LogP contribution in [0.1, 0.15) is 5.56 Å². The molecule has 1 fully saturated rings. The first-order chi connectivity index (χ1) is 18.3. The highest BCUT2D eigenvalue weighted by molar-refractivity contribution is 5.61. The molecule has 5 aromatic rings. The van der Waals surface area contributed by atoms with Gasteiger partial charge >= 0.3 is 0 Å². The number of anilines is 5. The zero-order chi connectivity index (χ0) is 24.9. The second-order valence-corrected chi connectivity index (χ2v) is 8.70. The Morgan fingerprint density at radius 2 is 1.51 bits per heavy atom. The van der Waals surface area contributed by atoms with Crippen LogP contribution >= 0.6 is 0 Å². The van der Waals surface area contributed by atoms with Gasteiger partial charge in [0.05, 0.1) is 6.26 Å². The molecule has 0 spiro atoms. The third-order valence-corrected chi connectivity index (χ3v) is 6.21. The van der Waals surface area contributed by atoms with Gasteiger partial charge in [0, 0.05) is 44.5 Å². The van der Waals surface area contributed by atoms with Crippen molar-refractivity contribution in [1.29, 1.82) is 0 Å². The molecule has 10 nitrogen and oxygen atoms in total. The van der Waals surface area contributed by atoms with E-state index in [9.17, 15) is 0 Å². The van der Waals surface area contributed by atoms with Crippen LogP contribution in [-0.4, -0.2) is 51.3 Å². The van der Waals surface area contributed by atoms with Gasteiger partial charge < -0.3 is 24.9 Å². The lowest BCUT2D eigenvalue weighted by Gasteiger charge is -2.36. The summed E-state index contributed by atoms with van der Waals surface area (Å²) >= 11 is 0. The number of para-hydroxylation sites is 1. The van der Waals surface area contributed by atoms with Gasteiger partial charge in [-0.2, -0.15) is 20.1 Å². The van der Waals surface area contributed by atoms with Crippen molar-refractivity contribution in [3.05, 3.63) is 90.7 Å². The number of aromatic amines is 1. The number of furan rings is 1. The summed E-state index contributed by atoms with van der Waals surface area (Å²) in [6.07, 6.45) is 1.63. The normalized spacial score (nSPS) is 13.5. The molecule has 186 valence electrons. The van der Waals surface area contributed by atoms with Crippen LogP contribution in [0, 0.1) is 0 Å². The summed E-state index contributed by atoms with van der Waals surface area (Å²) in [5.74, 6) is 2.85. The van der Waals surface area contributed by atoms with Crippen LogP contribution in [0.4, 0.5) is 29.4 Å². The van der Waals surface area contributed by atoms with E-state index in [0.717, 1.165) is 37.4 Å². The molecule has 0 bridgehead atoms. The summed E-state index contributed by atoms with van der Waals surface area (Å²) in [5.41, 5.74) is 3.14. The van der Waals surface area contributed by atoms with E-state index >= 15 is 0 Å². The standard InChI is InChI=1S/C27H27N9O/c1-3-8-20(9-4-1)19-28-25-30-26(29-24-18-22(33-34-24)23-12-7-17-37-23)32-27(31-25)36-15-13-35(14-16-36)21-10-5-2-6-11-21/h1-12,17-18H,13-16,19H2,(H3,28,29,30,31,32,33,34). The third kappa shape index (κ3) is 5.37. The molecule has 6 rings (SSSR count). The first-order valence-corrected chi connectivity index (χ1v) is 12.3. The van der Waals surface area contributed by atoms with E-state index in [4.69, 9.17) is 14.4 Å². The molecule has 1 saturated heterocycles. The third-order valence-electron chi connectivity index (χ3n) is 6.21. The van der Waals surface area contributed by atoms with Gasteiger partial charge in [-0.15, -0.1) is 0 Å². The van der Waals surface area contributed by atoms with Gasteiger partial charge in [0.1, 0.15) is 5.69 Å². The summed E-state index contributed by atoms with van der Waals surface area (Å²) in [5, 5.41) is 13.9. The Labute approximate surface area is 214 Å². The van der Waals surface area contributed by atoms with Crippen LogP contribution in [0.15, 0.2) is 89.5 Å². The Morgan fingerprint density at radius 1 is 0.784 bits per heavy atom. The van der Waals surface area contributed by atoms with Crippen molar-refractivity contribution in [2.75, 3.05) is 46.6 Å². The number of hydrogen-bond donors (Lipinski definition) is 3. The Bertz CT molecular complexity index is 1410. The van der Waals surface area contributed by atoms with Crippen LogP contribution in [0.2, 0.25) is 0 Å². The largest absolute Gasteiger partial charge is 0.463 e. The van der Waals surface area contributed by atoms with Gasteiger partial charge in [0.15, 0.2) is 11.6 Å². The topological polar surface area (TPSA) is 111 Å². The molecular formula is C27H27N9O. The SMILES string of the molecule is c1ccc(CNc2nc(Nc3cc(-c4ccco4)[nH]n3)nc(N3CCN(c4ccccc4)CC3)n2)cc1. The van der Waals surface area contributed by atoms with Crippen LogP contribution in [0.3, 0.4) is 0 Å². The van der Waals surface area contributed by atoms with E-state index in [1.165, 1.54) is 5.69 Å². The molecule has 3 N–H and O–H groups in total. The van der Waals surface area contributed by atoms with Gasteiger partial charge in [-0.3, -0.25) is 5.10 Å². The first kappa shape index (κ1) is 22.6. The molecule has 2 aromatic carbocycles. The van der Waals surface area contributed by atoms with Crippen molar-refractivity contribution in [2.24, 2.45) is 0 Å². The number of hydrogen-bond acceptors (Lipinski definition) is 9. The van der Waals surface area contributed by atoms with Crippen molar-refractivity contribution in [2.45, 2.75) is 6.54 Å². The van der Waals surface area contributed by atoms with E-state index in [1.807, 2.05) is 42.5 Å². The van der Waals surface area contributed by atoms with E-state index in [2.05, 4.69) is 72.0 Å². The van der Waals surface area contributed by atoms with Gasteiger partial charge in [-0.05, 0) is 29.8 Å². The molecule has 10 heteroatoms. The van der Waals surface area contributed by atoms with Crippen LogP contribution in [0.5, 0.6) is 0 Å². The second-order valence-electron chi connectivity index (χ2n) is 8.70. The maximum absolute atomic E-state index is 5.45. The van der Waals surface area contributed by atoms with Crippen LogP contribution in [0.25, 0.3) is 11.5 Å². The highest BCUT2D eigenvalue weighted by Crippen LogP contribution is 2.24. The number of H-pyrrole nitrogens is 1. The zero-order valence-electron chi connectivity index (χ0n) is 20.2. The summed E-state index contributed by atoms with van der Waals surface area (Å²) in [6, 6.07) is 26.2. The Balaban J connectivity index is 1.22. The Kier molecular flexibility index (Phi) is 6.35. The quantitative estimate of drug-likeness (QED) is 0.287.